The second-order valence-electron chi connectivity index (χ2n) is 4.54. The van der Waals surface area contributed by atoms with Crippen molar-refractivity contribution in [2.75, 3.05) is 13.1 Å². The molecule has 0 aromatic heterocycles. The molecule has 0 amide bonds. The van der Waals surface area contributed by atoms with Crippen molar-refractivity contribution in [3.8, 4) is 0 Å². The first-order valence-electron chi connectivity index (χ1n) is 5.49. The Morgan fingerprint density at radius 1 is 1.23 bits per heavy atom. The molecule has 1 fully saturated rings. The molecule has 1 unspecified atom stereocenters. The molecule has 0 radical (unpaired) electrons. The number of rotatable bonds is 3. The highest BCUT2D eigenvalue weighted by Crippen LogP contribution is 2.16. The molecule has 0 N–H and O–H groups in total. The molecule has 1 rings (SSSR count). The number of hydrogen-bond donors (Lipinski definition) is 0. The van der Waals surface area contributed by atoms with Crippen LogP contribution < -0.4 is 0 Å². The molecular formula is C11H23NO. The first-order valence-corrected chi connectivity index (χ1v) is 5.49. The summed E-state index contributed by atoms with van der Waals surface area (Å²) in [6.07, 6.45) is 3.37. The van der Waals surface area contributed by atoms with Crippen LogP contribution in [0.15, 0.2) is 0 Å². The van der Waals surface area contributed by atoms with Crippen molar-refractivity contribution in [1.29, 1.82) is 0 Å². The van der Waals surface area contributed by atoms with Crippen molar-refractivity contribution in [3.05, 3.63) is 0 Å². The van der Waals surface area contributed by atoms with Crippen LogP contribution in [0, 0.1) is 0 Å². The minimum absolute atomic E-state index is 0.372. The van der Waals surface area contributed by atoms with E-state index in [1.165, 1.54) is 19.4 Å². The number of ether oxygens (including phenoxy) is 1. The van der Waals surface area contributed by atoms with Crippen LogP contribution in [-0.4, -0.2) is 36.2 Å². The van der Waals surface area contributed by atoms with E-state index < -0.39 is 0 Å². The first-order chi connectivity index (χ1) is 6.09. The molecule has 0 aliphatic carbocycles. The highest BCUT2D eigenvalue weighted by atomic mass is 16.5. The molecule has 0 spiro atoms. The lowest BCUT2D eigenvalue weighted by molar-refractivity contribution is -0.0391. The Kier molecular flexibility index (Phi) is 4.20. The third-order valence-electron chi connectivity index (χ3n) is 2.60. The van der Waals surface area contributed by atoms with Crippen LogP contribution in [0.5, 0.6) is 0 Å². The molecule has 1 heterocycles. The van der Waals surface area contributed by atoms with Gasteiger partial charge in [-0.05, 0) is 47.1 Å². The van der Waals surface area contributed by atoms with Gasteiger partial charge in [-0.15, -0.1) is 0 Å². The van der Waals surface area contributed by atoms with Crippen molar-refractivity contribution < 1.29 is 4.74 Å². The molecule has 2 heteroatoms. The lowest BCUT2D eigenvalue weighted by atomic mass is 10.1. The van der Waals surface area contributed by atoms with Gasteiger partial charge in [0.25, 0.3) is 0 Å². The van der Waals surface area contributed by atoms with E-state index in [1.807, 2.05) is 0 Å². The third-order valence-corrected chi connectivity index (χ3v) is 2.60. The Hall–Kier alpha value is -0.0800. The molecule has 0 saturated carbocycles. The fraction of sp³-hybridized carbons (Fsp3) is 1.00. The second-order valence-corrected chi connectivity index (χ2v) is 4.54. The quantitative estimate of drug-likeness (QED) is 0.669. The normalized spacial score (nSPS) is 25.8. The molecule has 0 bridgehead atoms. The summed E-state index contributed by atoms with van der Waals surface area (Å²) in [6, 6.07) is 0.665. The Morgan fingerprint density at radius 2 is 1.92 bits per heavy atom. The molecule has 2 nitrogen and oxygen atoms in total. The van der Waals surface area contributed by atoms with Crippen LogP contribution in [-0.2, 0) is 4.74 Å². The van der Waals surface area contributed by atoms with Gasteiger partial charge >= 0.3 is 0 Å². The summed E-state index contributed by atoms with van der Waals surface area (Å²) in [6.45, 7) is 11.1. The number of hydrogen-bond acceptors (Lipinski definition) is 2. The zero-order chi connectivity index (χ0) is 9.84. The van der Waals surface area contributed by atoms with E-state index in [-0.39, 0.29) is 0 Å². The average Bonchev–Trinajstić information content (AvgIpc) is 2.03. The summed E-state index contributed by atoms with van der Waals surface area (Å²) < 4.78 is 5.83. The van der Waals surface area contributed by atoms with Gasteiger partial charge in [0, 0.05) is 12.6 Å². The molecule has 1 aliphatic heterocycles. The molecule has 1 atom stereocenters. The van der Waals surface area contributed by atoms with Crippen molar-refractivity contribution in [2.24, 2.45) is 0 Å². The minimum Gasteiger partial charge on any atom is -0.374 e. The van der Waals surface area contributed by atoms with Crippen molar-refractivity contribution in [2.45, 2.75) is 58.8 Å². The Balaban J connectivity index is 2.33. The molecular weight excluding hydrogens is 162 g/mol. The SMILES string of the molecule is CC(C)OC1CCCN(C(C)C)C1. The Bertz CT molecular complexity index is 145. The van der Waals surface area contributed by atoms with Gasteiger partial charge < -0.3 is 4.74 Å². The molecule has 1 saturated heterocycles. The highest BCUT2D eigenvalue weighted by Gasteiger charge is 2.22. The molecule has 78 valence electrons. The maximum absolute atomic E-state index is 5.83. The fourth-order valence-electron chi connectivity index (χ4n) is 1.93. The van der Waals surface area contributed by atoms with Gasteiger partial charge in [-0.25, -0.2) is 0 Å². The van der Waals surface area contributed by atoms with Crippen LogP contribution in [0.4, 0.5) is 0 Å². The number of nitrogens with zero attached hydrogens (tertiary/aromatic N) is 1. The van der Waals surface area contributed by atoms with Crippen molar-refractivity contribution in [3.63, 3.8) is 0 Å². The summed E-state index contributed by atoms with van der Waals surface area (Å²) in [4.78, 5) is 2.51. The van der Waals surface area contributed by atoms with Crippen LogP contribution in [0.25, 0.3) is 0 Å². The average molecular weight is 185 g/mol. The van der Waals surface area contributed by atoms with Gasteiger partial charge in [0.05, 0.1) is 12.2 Å². The van der Waals surface area contributed by atoms with E-state index in [0.717, 1.165) is 6.54 Å². The predicted molar refractivity (Wildman–Crippen MR) is 56.0 cm³/mol. The molecule has 1 aliphatic rings. The minimum atomic E-state index is 0.372. The summed E-state index contributed by atoms with van der Waals surface area (Å²) in [5.41, 5.74) is 0. The van der Waals surface area contributed by atoms with E-state index in [0.29, 0.717) is 18.2 Å². The highest BCUT2D eigenvalue weighted by molar-refractivity contribution is 4.75. The Labute approximate surface area is 82.3 Å². The standard InChI is InChI=1S/C11H23NO/c1-9(2)12-7-5-6-11(8-12)13-10(3)4/h9-11H,5-8H2,1-4H3. The lowest BCUT2D eigenvalue weighted by Gasteiger charge is -2.36. The van der Waals surface area contributed by atoms with E-state index in [4.69, 9.17) is 4.74 Å². The maximum Gasteiger partial charge on any atom is 0.0706 e. The summed E-state index contributed by atoms with van der Waals surface area (Å²) in [5, 5.41) is 0. The number of likely N-dealkylation sites (tertiary alicyclic amines) is 1. The molecule has 0 aromatic rings. The van der Waals surface area contributed by atoms with Crippen molar-refractivity contribution in [1.82, 2.24) is 4.90 Å². The summed E-state index contributed by atoms with van der Waals surface area (Å²) >= 11 is 0. The zero-order valence-electron chi connectivity index (χ0n) is 9.42. The molecule has 0 aromatic carbocycles. The van der Waals surface area contributed by atoms with Crippen molar-refractivity contribution >= 4 is 0 Å². The second kappa shape index (κ2) is 4.97. The van der Waals surface area contributed by atoms with Crippen LogP contribution in [0.1, 0.15) is 40.5 Å². The van der Waals surface area contributed by atoms with Crippen LogP contribution in [0.2, 0.25) is 0 Å². The van der Waals surface area contributed by atoms with Crippen LogP contribution in [0.3, 0.4) is 0 Å². The summed E-state index contributed by atoms with van der Waals surface area (Å²) in [7, 11) is 0. The zero-order valence-corrected chi connectivity index (χ0v) is 9.42. The van der Waals surface area contributed by atoms with Gasteiger partial charge in [0.2, 0.25) is 0 Å². The van der Waals surface area contributed by atoms with Crippen LogP contribution >= 0.6 is 0 Å². The first kappa shape index (κ1) is 11.0. The van der Waals surface area contributed by atoms with Gasteiger partial charge in [-0.3, -0.25) is 4.90 Å². The Morgan fingerprint density at radius 3 is 2.46 bits per heavy atom. The topological polar surface area (TPSA) is 12.5 Å². The van der Waals surface area contributed by atoms with E-state index >= 15 is 0 Å². The van der Waals surface area contributed by atoms with E-state index in [2.05, 4.69) is 32.6 Å². The number of piperidine rings is 1. The monoisotopic (exact) mass is 185 g/mol. The largest absolute Gasteiger partial charge is 0.374 e. The predicted octanol–water partition coefficient (Wildman–Crippen LogP) is 2.28. The van der Waals surface area contributed by atoms with E-state index in [9.17, 15) is 0 Å². The fourth-order valence-corrected chi connectivity index (χ4v) is 1.93. The summed E-state index contributed by atoms with van der Waals surface area (Å²) in [5.74, 6) is 0. The molecule has 13 heavy (non-hydrogen) atoms. The maximum atomic E-state index is 5.83. The lowest BCUT2D eigenvalue weighted by Crippen LogP contribution is -2.43. The van der Waals surface area contributed by atoms with Gasteiger partial charge in [0.1, 0.15) is 0 Å². The van der Waals surface area contributed by atoms with Gasteiger partial charge in [-0.1, -0.05) is 0 Å². The smallest absolute Gasteiger partial charge is 0.0706 e. The van der Waals surface area contributed by atoms with Gasteiger partial charge in [0.15, 0.2) is 0 Å². The third kappa shape index (κ3) is 3.65. The van der Waals surface area contributed by atoms with E-state index in [1.54, 1.807) is 0 Å². The van der Waals surface area contributed by atoms with Gasteiger partial charge in [-0.2, -0.15) is 0 Å².